The Morgan fingerprint density at radius 3 is 1.86 bits per heavy atom. The number of hydrogen-bond donors (Lipinski definition) is 5. The number of carbonyl (C=O) groups excluding carboxylic acids is 2. The first-order valence-corrected chi connectivity index (χ1v) is 15.9. The number of hydrogen-bond acceptors (Lipinski definition) is 7. The van der Waals surface area contributed by atoms with E-state index in [4.69, 9.17) is 16.3 Å². The molecule has 0 aliphatic rings. The molecule has 0 bridgehead atoms. The van der Waals surface area contributed by atoms with Gasteiger partial charge in [-0.15, -0.1) is 18.7 Å². The van der Waals surface area contributed by atoms with Crippen LogP contribution in [0.4, 0.5) is 5.69 Å². The molecule has 0 spiro atoms. The molecule has 0 aromatic heterocycles. The number of anilines is 1. The molecule has 3 atom stereocenters. The zero-order chi connectivity index (χ0) is 33.3. The summed E-state index contributed by atoms with van der Waals surface area (Å²) in [5, 5.41) is 9.63. The fraction of sp³-hybridized carbons (Fsp3) is 0.543. The van der Waals surface area contributed by atoms with Crippen molar-refractivity contribution in [2.24, 2.45) is 11.7 Å². The van der Waals surface area contributed by atoms with Crippen LogP contribution in [0.2, 0.25) is 0 Å². The topological polar surface area (TPSA) is 120 Å². The number of thiol groups is 1. The predicted octanol–water partition coefficient (Wildman–Crippen LogP) is 4.73. The van der Waals surface area contributed by atoms with E-state index in [2.05, 4.69) is 68.4 Å². The predicted molar refractivity (Wildman–Crippen MR) is 192 cm³/mol. The van der Waals surface area contributed by atoms with Crippen LogP contribution < -0.4 is 73.1 Å². The molecule has 7 nitrogen and oxygen atoms in total. The van der Waals surface area contributed by atoms with E-state index < -0.39 is 0 Å². The fourth-order valence-electron chi connectivity index (χ4n) is 3.50. The second-order valence-corrected chi connectivity index (χ2v) is 10.7. The number of aldehydes is 2. The van der Waals surface area contributed by atoms with E-state index in [1.54, 1.807) is 0 Å². The maximum atomic E-state index is 9.90. The maximum Gasteiger partial charge on any atom is 1.00 e. The normalized spacial score (nSPS) is 11.7. The third-order valence-corrected chi connectivity index (χ3v) is 6.02. The average molecular weight is 656 g/mol. The van der Waals surface area contributed by atoms with E-state index in [1.165, 1.54) is 25.3 Å². The number of benzene rings is 2. The summed E-state index contributed by atoms with van der Waals surface area (Å²) in [6.45, 7) is 16.2. The molecule has 44 heavy (non-hydrogen) atoms. The Labute approximate surface area is 318 Å². The van der Waals surface area contributed by atoms with Crippen LogP contribution in [0.1, 0.15) is 79.7 Å². The van der Waals surface area contributed by atoms with Crippen LogP contribution in [0.15, 0.2) is 71.6 Å². The molecule has 2 aromatic carbocycles. The molecule has 2 rings (SSSR count). The number of allylic oxidation sites excluding steroid dienone is 1. The van der Waals surface area contributed by atoms with Crippen LogP contribution >= 0.6 is 12.6 Å². The minimum atomic E-state index is -0.0772. The van der Waals surface area contributed by atoms with Crippen LogP contribution in [-0.2, 0) is 16.0 Å². The minimum Gasteiger partial charge on any atom is -0.675 e. The van der Waals surface area contributed by atoms with Crippen molar-refractivity contribution in [2.45, 2.75) is 104 Å². The fourth-order valence-corrected chi connectivity index (χ4v) is 3.67. The van der Waals surface area contributed by atoms with Gasteiger partial charge >= 0.3 is 51.4 Å². The quantitative estimate of drug-likeness (QED) is 0.0502. The van der Waals surface area contributed by atoms with Gasteiger partial charge in [-0.25, -0.2) is 0 Å². The Morgan fingerprint density at radius 2 is 1.50 bits per heavy atom. The van der Waals surface area contributed by atoms with Gasteiger partial charge in [-0.2, -0.15) is 0 Å². The van der Waals surface area contributed by atoms with Gasteiger partial charge in [-0.1, -0.05) is 77.1 Å². The van der Waals surface area contributed by atoms with Crippen molar-refractivity contribution >= 4 is 30.9 Å². The molecule has 0 aliphatic heterocycles. The first kappa shape index (κ1) is 50.0. The van der Waals surface area contributed by atoms with Crippen molar-refractivity contribution in [3.05, 3.63) is 78.0 Å². The average Bonchev–Trinajstić information content (AvgIpc) is 2.98. The number of nitrogens with two attached hydrogens (primary N) is 1. The zero-order valence-corrected chi connectivity index (χ0v) is 33.1. The van der Waals surface area contributed by atoms with Crippen molar-refractivity contribution in [3.8, 4) is 0 Å². The zero-order valence-electron chi connectivity index (χ0n) is 29.1. The number of carbonyl (C=O) groups is 2. The van der Waals surface area contributed by atoms with Crippen molar-refractivity contribution in [1.82, 2.24) is 10.6 Å². The SMILES string of the molecule is C/C=C\C(N)NCCCC=O.CC=O.CCCNC(CC)C(C)C.CNc1ccc(CC(C)[NH-])cc1.Sc1ccccc1.[K+]. The molecule has 0 amide bonds. The molecule has 6 N–H and O–H groups in total. The molecule has 0 heterocycles. The summed E-state index contributed by atoms with van der Waals surface area (Å²) in [7, 11) is 1.90. The number of nitrogens with one attached hydrogen (secondary N) is 4. The molecule has 246 valence electrons. The summed E-state index contributed by atoms with van der Waals surface area (Å²) >= 11 is 4.08. The molecule has 0 aliphatic carbocycles. The first-order valence-electron chi connectivity index (χ1n) is 15.5. The van der Waals surface area contributed by atoms with Gasteiger partial charge in [0.15, 0.2) is 0 Å². The molecule has 0 radical (unpaired) electrons. The summed E-state index contributed by atoms with van der Waals surface area (Å²) in [6, 6.07) is 18.7. The van der Waals surface area contributed by atoms with Crippen LogP contribution in [0.3, 0.4) is 0 Å². The second kappa shape index (κ2) is 38.3. The van der Waals surface area contributed by atoms with E-state index in [9.17, 15) is 4.79 Å². The third-order valence-electron chi connectivity index (χ3n) is 5.72. The van der Waals surface area contributed by atoms with Crippen molar-refractivity contribution in [3.63, 3.8) is 0 Å². The molecule has 0 saturated carbocycles. The molecule has 2 aromatic rings. The van der Waals surface area contributed by atoms with Crippen molar-refractivity contribution in [2.75, 3.05) is 25.5 Å². The van der Waals surface area contributed by atoms with Crippen LogP contribution in [-0.4, -0.2) is 51.0 Å². The Hall–Kier alpha value is -0.854. The second-order valence-electron chi connectivity index (χ2n) is 10.2. The van der Waals surface area contributed by atoms with Gasteiger partial charge < -0.3 is 31.7 Å². The third kappa shape index (κ3) is 37.3. The van der Waals surface area contributed by atoms with Crippen molar-refractivity contribution < 1.29 is 61.0 Å². The van der Waals surface area contributed by atoms with E-state index in [-0.39, 0.29) is 63.6 Å². The first-order chi connectivity index (χ1) is 20.6. The summed E-state index contributed by atoms with van der Waals surface area (Å²) in [5.41, 5.74) is 15.3. The standard InChI is InChI=1S/C10H15N2.C9H21N.C8H16N2O.C6H6S.C2H4O.K/c1-8(11)7-9-3-5-10(12-2)6-4-9;1-5-7-10-9(6-2)8(3)4;1-2-5-8(9)10-6-3-4-7-11;7-6-4-2-1-3-5-6;1-2-3;/h3-6,8,11-12H,7H2,1-2H3;8-10H,5-7H2,1-4H3;2,5,7-8,10H,3-4,6,9H2,1H3;1-5,7H;2H,1H3;/q-1;;;;;+1/b;;5-2-;;;. The van der Waals surface area contributed by atoms with Crippen LogP contribution in [0.5, 0.6) is 0 Å². The van der Waals surface area contributed by atoms with Gasteiger partial charge in [0.05, 0.1) is 6.17 Å². The monoisotopic (exact) mass is 655 g/mol. The summed E-state index contributed by atoms with van der Waals surface area (Å²) < 4.78 is 0. The molecular weight excluding hydrogens is 594 g/mol. The van der Waals surface area contributed by atoms with E-state index in [0.29, 0.717) is 6.42 Å². The van der Waals surface area contributed by atoms with Gasteiger partial charge in [0.25, 0.3) is 0 Å². The van der Waals surface area contributed by atoms with Gasteiger partial charge in [0.1, 0.15) is 12.6 Å². The molecule has 3 unspecified atom stereocenters. The van der Waals surface area contributed by atoms with E-state index >= 15 is 0 Å². The Bertz CT molecular complexity index is 884. The number of unbranched alkanes of at least 4 members (excludes halogenated alkanes) is 1. The molecular formula is C35H62KN5O2S. The molecule has 0 fully saturated rings. The largest absolute Gasteiger partial charge is 1.00 e. The van der Waals surface area contributed by atoms with Gasteiger partial charge in [0, 0.05) is 30.1 Å². The van der Waals surface area contributed by atoms with Crippen LogP contribution in [0.25, 0.3) is 5.73 Å². The maximum absolute atomic E-state index is 9.90. The Kier molecular flexibility index (Phi) is 43.6. The van der Waals surface area contributed by atoms with Crippen molar-refractivity contribution in [1.29, 1.82) is 0 Å². The minimum absolute atomic E-state index is 0. The Balaban J connectivity index is -0.000000236. The molecule has 9 heteroatoms. The van der Waals surface area contributed by atoms with Crippen LogP contribution in [0, 0.1) is 5.92 Å². The summed E-state index contributed by atoms with van der Waals surface area (Å²) in [6.07, 6.45) is 10.2. The van der Waals surface area contributed by atoms with E-state index in [0.717, 1.165) is 61.0 Å². The Morgan fingerprint density at radius 1 is 0.932 bits per heavy atom. The number of rotatable bonds is 14. The molecule has 0 saturated heterocycles. The van der Waals surface area contributed by atoms with E-state index in [1.807, 2.05) is 75.5 Å². The summed E-state index contributed by atoms with van der Waals surface area (Å²) in [5.74, 6) is 0.775. The van der Waals surface area contributed by atoms with Gasteiger partial charge in [-0.3, -0.25) is 5.32 Å². The van der Waals surface area contributed by atoms with Gasteiger partial charge in [0.2, 0.25) is 0 Å². The summed E-state index contributed by atoms with van der Waals surface area (Å²) in [4.78, 5) is 19.7. The smallest absolute Gasteiger partial charge is 0.675 e. The van der Waals surface area contributed by atoms with Gasteiger partial charge in [-0.05, 0) is 88.4 Å².